The number of rotatable bonds is 3. The zero-order valence-corrected chi connectivity index (χ0v) is 15.0. The van der Waals surface area contributed by atoms with Crippen LogP contribution in [0, 0.1) is 0 Å². The molecule has 1 atom stereocenters. The van der Waals surface area contributed by atoms with Crippen molar-refractivity contribution in [3.63, 3.8) is 0 Å². The third-order valence-corrected chi connectivity index (χ3v) is 4.50. The molecule has 0 bridgehead atoms. The third kappa shape index (κ3) is 3.01. The molecule has 1 unspecified atom stereocenters. The summed E-state index contributed by atoms with van der Waals surface area (Å²) in [6.45, 7) is 3.64. The van der Waals surface area contributed by atoms with Crippen molar-refractivity contribution < 1.29 is 20.1 Å². The number of benzene rings is 1. The van der Waals surface area contributed by atoms with Crippen LogP contribution in [0.2, 0.25) is 0 Å². The quantitative estimate of drug-likeness (QED) is 0.510. The van der Waals surface area contributed by atoms with Crippen molar-refractivity contribution in [2.75, 3.05) is 0 Å². The van der Waals surface area contributed by atoms with Gasteiger partial charge >= 0.3 is 5.97 Å². The molecule has 0 spiro atoms. The van der Waals surface area contributed by atoms with Crippen LogP contribution in [0.3, 0.4) is 0 Å². The molecule has 0 fully saturated rings. The molecule has 0 amide bonds. The number of fused-ring (bicyclic) bond motifs is 4. The molecule has 0 aliphatic carbocycles. The van der Waals surface area contributed by atoms with E-state index < -0.39 is 24.2 Å². The van der Waals surface area contributed by atoms with Gasteiger partial charge in [0.25, 0.3) is 5.56 Å². The number of pyridine rings is 2. The first-order chi connectivity index (χ1) is 13.0. The van der Waals surface area contributed by atoms with Gasteiger partial charge in [0.15, 0.2) is 6.10 Å². The fourth-order valence-corrected chi connectivity index (χ4v) is 3.27. The number of hydrogen-bond acceptors (Lipinski definition) is 5. The number of aromatic nitrogens is 2. The fraction of sp³-hybridized carbons (Fsp3) is 0.250. The Morgan fingerprint density at radius 3 is 2.63 bits per heavy atom. The summed E-state index contributed by atoms with van der Waals surface area (Å²) in [5.41, 5.74) is 1.88. The highest BCUT2D eigenvalue weighted by molar-refractivity contribution is 5.84. The van der Waals surface area contributed by atoms with E-state index in [2.05, 4.69) is 4.98 Å². The smallest absolute Gasteiger partial charge is 0.337 e. The molecule has 7 nitrogen and oxygen atoms in total. The number of aliphatic hydroxyl groups is 2. The van der Waals surface area contributed by atoms with Crippen molar-refractivity contribution in [3.05, 3.63) is 63.4 Å². The molecule has 0 saturated heterocycles. The van der Waals surface area contributed by atoms with E-state index in [4.69, 9.17) is 5.11 Å². The Balaban J connectivity index is 0.00000102. The molecule has 7 heteroatoms. The van der Waals surface area contributed by atoms with Crippen LogP contribution in [0.4, 0.5) is 0 Å². The lowest BCUT2D eigenvalue weighted by Crippen LogP contribution is -2.27. The maximum absolute atomic E-state index is 12.7. The van der Waals surface area contributed by atoms with Gasteiger partial charge in [-0.25, -0.2) is 9.78 Å². The van der Waals surface area contributed by atoms with Gasteiger partial charge in [-0.1, -0.05) is 32.0 Å². The highest BCUT2D eigenvalue weighted by Crippen LogP contribution is 2.33. The second-order valence-corrected chi connectivity index (χ2v) is 5.94. The van der Waals surface area contributed by atoms with Gasteiger partial charge < -0.3 is 19.9 Å². The highest BCUT2D eigenvalue weighted by Gasteiger charge is 2.29. The number of hydrogen-bond donors (Lipinski definition) is 3. The van der Waals surface area contributed by atoms with Crippen LogP contribution in [0.25, 0.3) is 22.3 Å². The van der Waals surface area contributed by atoms with Crippen LogP contribution in [-0.4, -0.2) is 30.8 Å². The molecule has 3 aromatic rings. The summed E-state index contributed by atoms with van der Waals surface area (Å²) < 4.78 is 1.44. The van der Waals surface area contributed by atoms with E-state index in [1.54, 1.807) is 0 Å². The molecular formula is C20H20N2O5. The van der Waals surface area contributed by atoms with Crippen molar-refractivity contribution >= 4 is 16.9 Å². The van der Waals surface area contributed by atoms with Gasteiger partial charge in [-0.2, -0.15) is 0 Å². The van der Waals surface area contributed by atoms with Gasteiger partial charge in [0.1, 0.15) is 0 Å². The fourth-order valence-electron chi connectivity index (χ4n) is 3.27. The van der Waals surface area contributed by atoms with Crippen LogP contribution >= 0.6 is 0 Å². The van der Waals surface area contributed by atoms with E-state index in [-0.39, 0.29) is 17.7 Å². The Morgan fingerprint density at radius 2 is 1.96 bits per heavy atom. The van der Waals surface area contributed by atoms with Crippen LogP contribution < -0.4 is 5.56 Å². The van der Waals surface area contributed by atoms with Gasteiger partial charge in [-0.05, 0) is 18.2 Å². The maximum Gasteiger partial charge on any atom is 0.337 e. The van der Waals surface area contributed by atoms with E-state index in [9.17, 15) is 19.8 Å². The summed E-state index contributed by atoms with van der Waals surface area (Å²) in [6.07, 6.45) is -1.88. The molecular weight excluding hydrogens is 348 g/mol. The van der Waals surface area contributed by atoms with Crippen LogP contribution in [-0.2, 0) is 17.9 Å². The molecule has 2 aromatic heterocycles. The normalized spacial score (nSPS) is 12.7. The average Bonchev–Trinajstić information content (AvgIpc) is 3.04. The molecule has 1 aliphatic heterocycles. The zero-order chi connectivity index (χ0) is 19.7. The van der Waals surface area contributed by atoms with Crippen molar-refractivity contribution in [2.24, 2.45) is 0 Å². The number of carboxylic acid groups (broad SMARTS) is 1. The summed E-state index contributed by atoms with van der Waals surface area (Å²) >= 11 is 0. The standard InChI is InChI=1S/C18H14N2O5.C2H6/c21-8-12-11(16(22)18(24)25)6-14-15-10(7-20(14)17(12)23)5-9-3-1-2-4-13(9)19-15;1-2/h1-6,16,21-22H,7-8H2,(H,24,25);1-2H3. The van der Waals surface area contributed by atoms with Gasteiger partial charge in [0, 0.05) is 22.1 Å². The minimum atomic E-state index is -1.88. The van der Waals surface area contributed by atoms with E-state index in [0.29, 0.717) is 11.4 Å². The second-order valence-electron chi connectivity index (χ2n) is 5.94. The molecule has 27 heavy (non-hydrogen) atoms. The van der Waals surface area contributed by atoms with E-state index in [1.165, 1.54) is 10.6 Å². The number of nitrogens with zero attached hydrogens (tertiary/aromatic N) is 2. The molecule has 140 valence electrons. The Kier molecular flexibility index (Phi) is 5.07. The largest absolute Gasteiger partial charge is 0.479 e. The molecule has 3 N–H and O–H groups in total. The van der Waals surface area contributed by atoms with Crippen molar-refractivity contribution in [2.45, 2.75) is 33.1 Å². The minimum Gasteiger partial charge on any atom is -0.479 e. The lowest BCUT2D eigenvalue weighted by atomic mass is 10.0. The van der Waals surface area contributed by atoms with E-state index >= 15 is 0 Å². The van der Waals surface area contributed by atoms with Crippen molar-refractivity contribution in [1.82, 2.24) is 9.55 Å². The zero-order valence-electron chi connectivity index (χ0n) is 15.0. The van der Waals surface area contributed by atoms with Gasteiger partial charge in [0.05, 0.1) is 30.1 Å². The SMILES string of the molecule is CC.O=C(O)C(O)c1cc2n(c(=O)c1CO)Cc1cc3ccccc3nc1-2. The first kappa shape index (κ1) is 18.8. The topological polar surface area (TPSA) is 113 Å². The van der Waals surface area contributed by atoms with Crippen LogP contribution in [0.1, 0.15) is 36.6 Å². The first-order valence-corrected chi connectivity index (χ1v) is 8.68. The monoisotopic (exact) mass is 368 g/mol. The Labute approximate surface area is 155 Å². The van der Waals surface area contributed by atoms with Gasteiger partial charge in [-0.15, -0.1) is 0 Å². The maximum atomic E-state index is 12.7. The van der Waals surface area contributed by atoms with Crippen molar-refractivity contribution in [1.29, 1.82) is 0 Å². The van der Waals surface area contributed by atoms with Crippen LogP contribution in [0.15, 0.2) is 41.2 Å². The van der Waals surface area contributed by atoms with Crippen molar-refractivity contribution in [3.8, 4) is 11.4 Å². The second kappa shape index (κ2) is 7.30. The number of carboxylic acids is 1. The molecule has 1 aromatic carbocycles. The Bertz CT molecular complexity index is 1090. The summed E-state index contributed by atoms with van der Waals surface area (Å²) in [4.78, 5) is 28.4. The first-order valence-electron chi connectivity index (χ1n) is 8.68. The predicted octanol–water partition coefficient (Wildman–Crippen LogP) is 2.06. The number of para-hydroxylation sites is 1. The van der Waals surface area contributed by atoms with E-state index in [0.717, 1.165) is 16.5 Å². The number of aliphatic hydroxyl groups excluding tert-OH is 2. The predicted molar refractivity (Wildman–Crippen MR) is 100 cm³/mol. The average molecular weight is 368 g/mol. The number of carbonyl (C=O) groups is 1. The van der Waals surface area contributed by atoms with Gasteiger partial charge in [-0.3, -0.25) is 4.79 Å². The Hall–Kier alpha value is -3.03. The minimum absolute atomic E-state index is 0.103. The van der Waals surface area contributed by atoms with Gasteiger partial charge in [0.2, 0.25) is 0 Å². The third-order valence-electron chi connectivity index (χ3n) is 4.50. The Morgan fingerprint density at radius 1 is 1.26 bits per heavy atom. The molecule has 4 rings (SSSR count). The summed E-state index contributed by atoms with van der Waals surface area (Å²) in [5, 5.41) is 29.4. The lowest BCUT2D eigenvalue weighted by molar-refractivity contribution is -0.147. The number of aliphatic carboxylic acids is 1. The highest BCUT2D eigenvalue weighted by atomic mass is 16.4. The summed E-state index contributed by atoms with van der Waals surface area (Å²) in [6, 6.07) is 10.9. The molecule has 0 saturated carbocycles. The summed E-state index contributed by atoms with van der Waals surface area (Å²) in [5.74, 6) is -1.48. The molecule has 1 aliphatic rings. The molecule has 3 heterocycles. The van der Waals surface area contributed by atoms with E-state index in [1.807, 2.05) is 44.2 Å². The molecule has 0 radical (unpaired) electrons. The van der Waals surface area contributed by atoms with Crippen LogP contribution in [0.5, 0.6) is 0 Å². The summed E-state index contributed by atoms with van der Waals surface area (Å²) in [7, 11) is 0. The lowest BCUT2D eigenvalue weighted by Gasteiger charge is -2.14.